The number of nitrogens with zero attached hydrogens (tertiary/aromatic N) is 3. The van der Waals surface area contributed by atoms with E-state index in [9.17, 15) is 4.79 Å². The molecule has 0 saturated heterocycles. The molecule has 0 aliphatic heterocycles. The summed E-state index contributed by atoms with van der Waals surface area (Å²) in [7, 11) is 0. The molecule has 26 heavy (non-hydrogen) atoms. The topological polar surface area (TPSA) is 59.8 Å². The first-order valence-electron chi connectivity index (χ1n) is 9.07. The van der Waals surface area contributed by atoms with Gasteiger partial charge in [0, 0.05) is 0 Å². The molecule has 1 aromatic heterocycles. The third-order valence-corrected chi connectivity index (χ3v) is 5.04. The molecule has 5 nitrogen and oxygen atoms in total. The molecule has 0 spiro atoms. The summed E-state index contributed by atoms with van der Waals surface area (Å²) in [5.41, 5.74) is 3.54. The maximum Gasteiger partial charge on any atom is 0.228 e. The third-order valence-electron chi connectivity index (χ3n) is 5.04. The van der Waals surface area contributed by atoms with Gasteiger partial charge in [-0.3, -0.25) is 9.48 Å². The Bertz CT molecular complexity index is 861. The lowest BCUT2D eigenvalue weighted by atomic mass is 9.82. The number of hydrogen-bond acceptors (Lipinski definition) is 3. The molecule has 1 N–H and O–H groups in total. The summed E-state index contributed by atoms with van der Waals surface area (Å²) in [5, 5.41) is 7.45. The zero-order valence-electron chi connectivity index (χ0n) is 14.6. The van der Waals surface area contributed by atoms with Crippen molar-refractivity contribution in [3.8, 4) is 0 Å². The largest absolute Gasteiger partial charge is 0.347 e. The van der Waals surface area contributed by atoms with Gasteiger partial charge in [0.1, 0.15) is 12.7 Å². The summed E-state index contributed by atoms with van der Waals surface area (Å²) in [6.07, 6.45) is 6.20. The van der Waals surface area contributed by atoms with Crippen LogP contribution in [0.4, 0.5) is 0 Å². The summed E-state index contributed by atoms with van der Waals surface area (Å²) < 4.78 is 1.76. The standard InChI is InChI=1S/C21H22N4O/c26-21(19-12-6-10-16-7-4-5-11-18(16)19)24-20(13-25-15-22-14-23-25)17-8-2-1-3-9-17/h1-5,7-9,11,14-15,19-20H,6,10,12-13H2,(H,24,26)/t19-,20-/m0/s1. The zero-order valence-corrected chi connectivity index (χ0v) is 14.6. The smallest absolute Gasteiger partial charge is 0.228 e. The normalized spacial score (nSPS) is 17.3. The van der Waals surface area contributed by atoms with Crippen LogP contribution < -0.4 is 5.32 Å². The monoisotopic (exact) mass is 346 g/mol. The van der Waals surface area contributed by atoms with Crippen LogP contribution in [0.25, 0.3) is 0 Å². The minimum absolute atomic E-state index is 0.0816. The van der Waals surface area contributed by atoms with Crippen molar-refractivity contribution in [3.63, 3.8) is 0 Å². The van der Waals surface area contributed by atoms with E-state index in [1.165, 1.54) is 17.5 Å². The predicted octanol–water partition coefficient (Wildman–Crippen LogP) is 3.26. The minimum Gasteiger partial charge on any atom is -0.347 e. The quantitative estimate of drug-likeness (QED) is 0.771. The number of hydrogen-bond donors (Lipinski definition) is 1. The molecule has 5 heteroatoms. The number of nitrogens with one attached hydrogen (secondary N) is 1. The Balaban J connectivity index is 1.57. The lowest BCUT2D eigenvalue weighted by molar-refractivity contribution is -0.123. The van der Waals surface area contributed by atoms with Crippen LogP contribution >= 0.6 is 0 Å². The Morgan fingerprint density at radius 2 is 1.96 bits per heavy atom. The third kappa shape index (κ3) is 3.52. The van der Waals surface area contributed by atoms with Gasteiger partial charge in [-0.25, -0.2) is 4.98 Å². The van der Waals surface area contributed by atoms with Gasteiger partial charge in [-0.1, -0.05) is 54.6 Å². The molecule has 1 aliphatic carbocycles. The molecule has 132 valence electrons. The molecule has 2 atom stereocenters. The molecule has 0 radical (unpaired) electrons. The van der Waals surface area contributed by atoms with Crippen molar-refractivity contribution in [1.82, 2.24) is 20.1 Å². The van der Waals surface area contributed by atoms with E-state index in [0.29, 0.717) is 6.54 Å². The van der Waals surface area contributed by atoms with Crippen LogP contribution in [-0.4, -0.2) is 20.7 Å². The lowest BCUT2D eigenvalue weighted by Crippen LogP contribution is -2.36. The van der Waals surface area contributed by atoms with Gasteiger partial charge in [0.2, 0.25) is 5.91 Å². The molecule has 4 rings (SSSR count). The molecule has 1 heterocycles. The van der Waals surface area contributed by atoms with E-state index in [-0.39, 0.29) is 17.9 Å². The molecule has 1 amide bonds. The predicted molar refractivity (Wildman–Crippen MR) is 99.5 cm³/mol. The minimum atomic E-state index is -0.139. The van der Waals surface area contributed by atoms with E-state index in [4.69, 9.17) is 0 Å². The SMILES string of the molecule is O=C(N[C@@H](Cn1cncn1)c1ccccc1)[C@H]1CCCc2ccccc21. The first-order chi connectivity index (χ1) is 12.8. The molecule has 0 bridgehead atoms. The summed E-state index contributed by atoms with van der Waals surface area (Å²) in [6.45, 7) is 0.560. The maximum atomic E-state index is 13.1. The van der Waals surface area contributed by atoms with Crippen LogP contribution in [0.1, 0.15) is 41.5 Å². The van der Waals surface area contributed by atoms with Crippen molar-refractivity contribution >= 4 is 5.91 Å². The molecule has 0 fully saturated rings. The van der Waals surface area contributed by atoms with Crippen LogP contribution in [0.2, 0.25) is 0 Å². The van der Waals surface area contributed by atoms with E-state index in [0.717, 1.165) is 24.8 Å². The fourth-order valence-corrected chi connectivity index (χ4v) is 3.73. The first-order valence-corrected chi connectivity index (χ1v) is 9.07. The molecule has 1 aliphatic rings. The van der Waals surface area contributed by atoms with E-state index in [1.807, 2.05) is 36.4 Å². The van der Waals surface area contributed by atoms with Crippen LogP contribution in [0, 0.1) is 0 Å². The number of carbonyl (C=O) groups excluding carboxylic acids is 1. The second-order valence-electron chi connectivity index (χ2n) is 6.73. The van der Waals surface area contributed by atoms with Crippen molar-refractivity contribution in [2.75, 3.05) is 0 Å². The van der Waals surface area contributed by atoms with Crippen LogP contribution in [0.15, 0.2) is 67.3 Å². The van der Waals surface area contributed by atoms with Gasteiger partial charge in [-0.15, -0.1) is 0 Å². The number of fused-ring (bicyclic) bond motifs is 1. The van der Waals surface area contributed by atoms with Crippen molar-refractivity contribution in [3.05, 3.63) is 83.9 Å². The van der Waals surface area contributed by atoms with Gasteiger partial charge in [0.05, 0.1) is 18.5 Å². The Kier molecular flexibility index (Phi) is 4.78. The average Bonchev–Trinajstić information content (AvgIpc) is 3.21. The van der Waals surface area contributed by atoms with Gasteiger partial charge in [-0.05, 0) is 36.0 Å². The highest BCUT2D eigenvalue weighted by Gasteiger charge is 2.28. The number of amides is 1. The fourth-order valence-electron chi connectivity index (χ4n) is 3.73. The highest BCUT2D eigenvalue weighted by atomic mass is 16.2. The number of rotatable bonds is 5. The lowest BCUT2D eigenvalue weighted by Gasteiger charge is -2.27. The Morgan fingerprint density at radius 1 is 1.15 bits per heavy atom. The maximum absolute atomic E-state index is 13.1. The highest BCUT2D eigenvalue weighted by molar-refractivity contribution is 5.84. The van der Waals surface area contributed by atoms with E-state index in [2.05, 4.69) is 33.6 Å². The van der Waals surface area contributed by atoms with E-state index < -0.39 is 0 Å². The van der Waals surface area contributed by atoms with Crippen LogP contribution in [-0.2, 0) is 17.8 Å². The Hall–Kier alpha value is -2.95. The Morgan fingerprint density at radius 3 is 2.77 bits per heavy atom. The molecule has 0 saturated carbocycles. The molecular weight excluding hydrogens is 324 g/mol. The number of carbonyl (C=O) groups is 1. The van der Waals surface area contributed by atoms with Gasteiger partial charge in [-0.2, -0.15) is 5.10 Å². The van der Waals surface area contributed by atoms with Gasteiger partial charge >= 0.3 is 0 Å². The molecule has 0 unspecified atom stereocenters. The van der Waals surface area contributed by atoms with Gasteiger partial charge in [0.15, 0.2) is 0 Å². The number of aromatic nitrogens is 3. The second-order valence-corrected chi connectivity index (χ2v) is 6.73. The molecule has 3 aromatic rings. The van der Waals surface area contributed by atoms with Crippen molar-refractivity contribution in [2.45, 2.75) is 37.8 Å². The van der Waals surface area contributed by atoms with Crippen molar-refractivity contribution in [1.29, 1.82) is 0 Å². The first kappa shape index (κ1) is 16.5. The fraction of sp³-hybridized carbons (Fsp3) is 0.286. The van der Waals surface area contributed by atoms with Gasteiger partial charge in [0.25, 0.3) is 0 Å². The van der Waals surface area contributed by atoms with Gasteiger partial charge < -0.3 is 5.32 Å². The Labute approximate surface area is 153 Å². The number of aryl methyl sites for hydroxylation is 1. The summed E-state index contributed by atoms with van der Waals surface area (Å²) in [6, 6.07) is 18.2. The van der Waals surface area contributed by atoms with Crippen LogP contribution in [0.5, 0.6) is 0 Å². The van der Waals surface area contributed by atoms with E-state index >= 15 is 0 Å². The second kappa shape index (κ2) is 7.52. The highest BCUT2D eigenvalue weighted by Crippen LogP contribution is 2.32. The van der Waals surface area contributed by atoms with E-state index in [1.54, 1.807) is 11.0 Å². The summed E-state index contributed by atoms with van der Waals surface area (Å²) >= 11 is 0. The van der Waals surface area contributed by atoms with Crippen molar-refractivity contribution in [2.24, 2.45) is 0 Å². The van der Waals surface area contributed by atoms with Crippen molar-refractivity contribution < 1.29 is 4.79 Å². The molecule has 2 aromatic carbocycles. The zero-order chi connectivity index (χ0) is 17.8. The van der Waals surface area contributed by atoms with Crippen LogP contribution in [0.3, 0.4) is 0 Å². The summed E-state index contributed by atoms with van der Waals surface area (Å²) in [4.78, 5) is 17.1. The molecular formula is C21H22N4O. The number of benzene rings is 2. The average molecular weight is 346 g/mol. The summed E-state index contributed by atoms with van der Waals surface area (Å²) in [5.74, 6) is 0.00743.